The van der Waals surface area contributed by atoms with Gasteiger partial charge in [0.25, 0.3) is 0 Å². The predicted molar refractivity (Wildman–Crippen MR) is 80.5 cm³/mol. The van der Waals surface area contributed by atoms with E-state index in [4.69, 9.17) is 8.92 Å². The fourth-order valence-electron chi connectivity index (χ4n) is 1.52. The molecule has 1 aromatic carbocycles. The Morgan fingerprint density at radius 1 is 1.24 bits per heavy atom. The smallest absolute Gasteiger partial charge is 0.339 e. The van der Waals surface area contributed by atoms with Gasteiger partial charge in [-0.1, -0.05) is 17.7 Å². The van der Waals surface area contributed by atoms with Crippen LogP contribution in [0.5, 0.6) is 10.8 Å². The van der Waals surface area contributed by atoms with Gasteiger partial charge in [-0.3, -0.25) is 0 Å². The molecule has 1 atom stereocenters. The first-order valence-corrected chi connectivity index (χ1v) is 8.57. The Hall–Kier alpha value is -1.57. The van der Waals surface area contributed by atoms with Crippen molar-refractivity contribution in [3.63, 3.8) is 0 Å². The minimum absolute atomic E-state index is 0.0709. The Labute approximate surface area is 127 Å². The number of benzene rings is 1. The van der Waals surface area contributed by atoms with Crippen LogP contribution in [-0.2, 0) is 10.1 Å². The molecule has 114 valence electrons. The molecule has 0 saturated heterocycles. The average Bonchev–Trinajstić information content (AvgIpc) is 2.83. The van der Waals surface area contributed by atoms with E-state index in [1.165, 1.54) is 29.5 Å². The van der Waals surface area contributed by atoms with Crippen LogP contribution in [0.15, 0.2) is 40.6 Å². The maximum Gasteiger partial charge on any atom is 0.339 e. The van der Waals surface area contributed by atoms with Crippen LogP contribution in [0.2, 0.25) is 0 Å². The van der Waals surface area contributed by atoms with Crippen molar-refractivity contribution >= 4 is 21.5 Å². The molecule has 0 amide bonds. The minimum Gasteiger partial charge on any atom is -0.478 e. The highest BCUT2D eigenvalue weighted by molar-refractivity contribution is 7.87. The fourth-order valence-corrected chi connectivity index (χ4v) is 3.18. The number of thiophene rings is 1. The van der Waals surface area contributed by atoms with Crippen LogP contribution < -0.4 is 8.92 Å². The van der Waals surface area contributed by atoms with E-state index >= 15 is 0 Å². The second-order valence-corrected chi connectivity index (χ2v) is 7.01. The second-order valence-electron chi connectivity index (χ2n) is 4.58. The summed E-state index contributed by atoms with van der Waals surface area (Å²) in [5, 5.41) is 11.2. The summed E-state index contributed by atoms with van der Waals surface area (Å²) in [7, 11) is -3.90. The first-order chi connectivity index (χ1) is 9.88. The average molecular weight is 328 g/mol. The third-order valence-electron chi connectivity index (χ3n) is 2.56. The van der Waals surface area contributed by atoms with Crippen molar-refractivity contribution in [1.29, 1.82) is 0 Å². The summed E-state index contributed by atoms with van der Waals surface area (Å²) in [4.78, 5) is 0.0841. The Kier molecular flexibility index (Phi) is 4.87. The third-order valence-corrected chi connectivity index (χ3v) is 4.61. The Morgan fingerprint density at radius 2 is 1.90 bits per heavy atom. The van der Waals surface area contributed by atoms with Crippen LogP contribution in [0.25, 0.3) is 0 Å². The van der Waals surface area contributed by atoms with Gasteiger partial charge < -0.3 is 14.0 Å². The highest BCUT2D eigenvalue weighted by Gasteiger charge is 2.20. The molecule has 7 heteroatoms. The summed E-state index contributed by atoms with van der Waals surface area (Å²) in [5.41, 5.74) is 0.963. The summed E-state index contributed by atoms with van der Waals surface area (Å²) in [6.07, 6.45) is -0.645. The Bertz CT molecular complexity index is 686. The van der Waals surface area contributed by atoms with Crippen LogP contribution in [0.3, 0.4) is 0 Å². The molecule has 1 unspecified atom stereocenters. The van der Waals surface area contributed by atoms with Gasteiger partial charge >= 0.3 is 10.1 Å². The number of ether oxygens (including phenoxy) is 1. The lowest BCUT2D eigenvalue weighted by Crippen LogP contribution is -2.14. The van der Waals surface area contributed by atoms with Gasteiger partial charge in [-0.25, -0.2) is 0 Å². The van der Waals surface area contributed by atoms with Gasteiger partial charge in [-0.05, 0) is 37.4 Å². The maximum absolute atomic E-state index is 12.2. The zero-order valence-corrected chi connectivity index (χ0v) is 13.3. The van der Waals surface area contributed by atoms with Crippen LogP contribution in [0.4, 0.5) is 0 Å². The predicted octanol–water partition coefficient (Wildman–Crippen LogP) is 2.58. The zero-order chi connectivity index (χ0) is 15.5. The molecule has 0 spiro atoms. The van der Waals surface area contributed by atoms with Crippen molar-refractivity contribution in [1.82, 2.24) is 0 Å². The number of hydrogen-bond acceptors (Lipinski definition) is 6. The van der Waals surface area contributed by atoms with E-state index in [1.807, 2.05) is 6.92 Å². The summed E-state index contributed by atoms with van der Waals surface area (Å²) < 4.78 is 34.8. The SMILES string of the molecule is Cc1ccc(S(=O)(=O)Oc2ccsc2OCC(C)O)cc1. The molecule has 1 N–H and O–H groups in total. The van der Waals surface area contributed by atoms with Gasteiger partial charge in [0, 0.05) is 0 Å². The summed E-state index contributed by atoms with van der Waals surface area (Å²) >= 11 is 1.21. The molecule has 2 rings (SSSR count). The van der Waals surface area contributed by atoms with Crippen LogP contribution >= 0.6 is 11.3 Å². The number of aryl methyl sites for hydroxylation is 1. The maximum atomic E-state index is 12.2. The van der Waals surface area contributed by atoms with E-state index in [0.717, 1.165) is 5.56 Å². The lowest BCUT2D eigenvalue weighted by molar-refractivity contribution is 0.124. The highest BCUT2D eigenvalue weighted by atomic mass is 32.2. The summed E-state index contributed by atoms with van der Waals surface area (Å²) in [6, 6.07) is 7.91. The third kappa shape index (κ3) is 4.20. The molecule has 1 aromatic heterocycles. The molecule has 1 heterocycles. The molecular formula is C14H16O5S2. The topological polar surface area (TPSA) is 72.8 Å². The van der Waals surface area contributed by atoms with E-state index in [-0.39, 0.29) is 17.3 Å². The number of rotatable bonds is 6. The van der Waals surface area contributed by atoms with E-state index in [1.54, 1.807) is 24.4 Å². The second kappa shape index (κ2) is 6.46. The van der Waals surface area contributed by atoms with Gasteiger partial charge in [0.15, 0.2) is 5.75 Å². The molecule has 0 aliphatic heterocycles. The number of hydrogen-bond donors (Lipinski definition) is 1. The monoisotopic (exact) mass is 328 g/mol. The minimum atomic E-state index is -3.90. The molecule has 21 heavy (non-hydrogen) atoms. The van der Waals surface area contributed by atoms with Crippen molar-refractivity contribution in [2.75, 3.05) is 6.61 Å². The van der Waals surface area contributed by atoms with Crippen LogP contribution in [-0.4, -0.2) is 26.2 Å². The molecule has 0 radical (unpaired) electrons. The van der Waals surface area contributed by atoms with Gasteiger partial charge in [0.2, 0.25) is 5.06 Å². The number of aliphatic hydroxyl groups is 1. The van der Waals surface area contributed by atoms with Crippen molar-refractivity contribution in [3.05, 3.63) is 41.3 Å². The lowest BCUT2D eigenvalue weighted by atomic mass is 10.2. The van der Waals surface area contributed by atoms with Gasteiger partial charge in [-0.15, -0.1) is 11.3 Å². The Balaban J connectivity index is 2.17. The normalized spacial score (nSPS) is 12.9. The van der Waals surface area contributed by atoms with Crippen molar-refractivity contribution in [3.8, 4) is 10.8 Å². The van der Waals surface area contributed by atoms with Gasteiger partial charge in [0.05, 0.1) is 6.10 Å². The van der Waals surface area contributed by atoms with Crippen molar-refractivity contribution < 1.29 is 22.4 Å². The lowest BCUT2D eigenvalue weighted by Gasteiger charge is -2.10. The molecule has 0 bridgehead atoms. The zero-order valence-electron chi connectivity index (χ0n) is 11.6. The van der Waals surface area contributed by atoms with Crippen molar-refractivity contribution in [2.24, 2.45) is 0 Å². The van der Waals surface area contributed by atoms with Gasteiger partial charge in [-0.2, -0.15) is 8.42 Å². The van der Waals surface area contributed by atoms with Crippen LogP contribution in [0.1, 0.15) is 12.5 Å². The molecule has 5 nitrogen and oxygen atoms in total. The molecule has 0 aliphatic rings. The fraction of sp³-hybridized carbons (Fsp3) is 0.286. The number of aliphatic hydroxyl groups excluding tert-OH is 1. The van der Waals surface area contributed by atoms with E-state index in [2.05, 4.69) is 0 Å². The van der Waals surface area contributed by atoms with Gasteiger partial charge in [0.1, 0.15) is 11.5 Å². The molecule has 0 saturated carbocycles. The first kappa shape index (κ1) is 15.8. The van der Waals surface area contributed by atoms with Crippen LogP contribution in [0, 0.1) is 6.92 Å². The van der Waals surface area contributed by atoms with Crippen molar-refractivity contribution in [2.45, 2.75) is 24.8 Å². The molecule has 0 fully saturated rings. The molecular weight excluding hydrogens is 312 g/mol. The standard InChI is InChI=1S/C14H16O5S2/c1-10-3-5-12(6-4-10)21(16,17)19-13-7-8-20-14(13)18-9-11(2)15/h3-8,11,15H,9H2,1-2H3. The summed E-state index contributed by atoms with van der Waals surface area (Å²) in [6.45, 7) is 3.52. The molecule has 2 aromatic rings. The quantitative estimate of drug-likeness (QED) is 0.825. The van der Waals surface area contributed by atoms with E-state index in [9.17, 15) is 13.5 Å². The molecule has 0 aliphatic carbocycles. The summed E-state index contributed by atoms with van der Waals surface area (Å²) in [5.74, 6) is 0.126. The first-order valence-electron chi connectivity index (χ1n) is 6.28. The van der Waals surface area contributed by atoms with E-state index in [0.29, 0.717) is 5.06 Å². The largest absolute Gasteiger partial charge is 0.478 e. The highest BCUT2D eigenvalue weighted by Crippen LogP contribution is 2.35. The van der Waals surface area contributed by atoms with E-state index < -0.39 is 16.2 Å². The Morgan fingerprint density at radius 3 is 2.52 bits per heavy atom.